The highest BCUT2D eigenvalue weighted by molar-refractivity contribution is 7.91. The molecule has 0 aliphatic heterocycles. The van der Waals surface area contributed by atoms with Crippen molar-refractivity contribution < 1.29 is 18.0 Å². The lowest BCUT2D eigenvalue weighted by atomic mass is 9.72. The van der Waals surface area contributed by atoms with Gasteiger partial charge in [0.05, 0.1) is 33.6 Å². The van der Waals surface area contributed by atoms with Crippen molar-refractivity contribution in [2.45, 2.75) is 92.9 Å². The monoisotopic (exact) mass is 706 g/mol. The molecular weight excluding hydrogens is 657 g/mol. The molecule has 2 aromatic rings. The SMILES string of the molecule is CC(C)(C)C1=CC(=CN=Nc2ccc(S(=O)(=O)c3ccc(N=NC=C4C=C(C(C)(C)C)C(=O)C(C(C)(C)C)=C4)cc3)cc2)C=C(C(C)(C)C)C1=O. The normalized spacial score (nSPS) is 16.7. The number of ketones is 2. The van der Waals surface area contributed by atoms with E-state index in [1.807, 2.05) is 107 Å². The number of Topliss-reactive ketones (excluding diaryl/α,β-unsaturated/α-hetero) is 2. The summed E-state index contributed by atoms with van der Waals surface area (Å²) in [5.74, 6) is 0.0956. The number of hydrogen-bond acceptors (Lipinski definition) is 8. The smallest absolute Gasteiger partial charge is 0.206 e. The van der Waals surface area contributed by atoms with Crippen LogP contribution in [0.3, 0.4) is 0 Å². The molecule has 0 spiro atoms. The van der Waals surface area contributed by atoms with Crippen LogP contribution in [0.1, 0.15) is 83.1 Å². The molecule has 268 valence electrons. The maximum atomic E-state index is 13.4. The molecule has 51 heavy (non-hydrogen) atoms. The molecule has 0 radical (unpaired) electrons. The first-order valence-electron chi connectivity index (χ1n) is 17.0. The first-order chi connectivity index (χ1) is 23.4. The fraction of sp³-hybridized carbons (Fsp3) is 0.381. The standard InChI is InChI=1S/C42H50N4O4S/c1-39(2,3)33-21-27(22-34(37(33)47)40(4,5)6)25-43-45-29-13-17-31(18-14-29)51(49,50)32-19-15-30(16-20-32)46-44-26-28-23-35(41(7,8)9)38(48)36(24-28)42(10,11)12/h13-26H,1-12H3. The van der Waals surface area contributed by atoms with Crippen molar-refractivity contribution in [1.29, 1.82) is 0 Å². The summed E-state index contributed by atoms with van der Waals surface area (Å²) >= 11 is 0. The summed E-state index contributed by atoms with van der Waals surface area (Å²) in [5, 5.41) is 17.0. The van der Waals surface area contributed by atoms with Crippen molar-refractivity contribution in [2.75, 3.05) is 0 Å². The zero-order valence-electron chi connectivity index (χ0n) is 31.9. The Morgan fingerprint density at radius 3 is 0.941 bits per heavy atom. The van der Waals surface area contributed by atoms with Gasteiger partial charge in [-0.2, -0.15) is 20.5 Å². The molecule has 0 aromatic heterocycles. The van der Waals surface area contributed by atoms with E-state index in [9.17, 15) is 18.0 Å². The average Bonchev–Trinajstić information content (AvgIpc) is 3.00. The Kier molecular flexibility index (Phi) is 10.9. The van der Waals surface area contributed by atoms with E-state index in [1.165, 1.54) is 24.3 Å². The Bertz CT molecular complexity index is 1860. The summed E-state index contributed by atoms with van der Waals surface area (Å²) in [5.41, 5.74) is 4.07. The van der Waals surface area contributed by atoms with Crippen molar-refractivity contribution >= 4 is 32.8 Å². The highest BCUT2D eigenvalue weighted by Gasteiger charge is 2.35. The summed E-state index contributed by atoms with van der Waals surface area (Å²) in [6.07, 6.45) is 10.6. The number of carbonyl (C=O) groups is 2. The van der Waals surface area contributed by atoms with E-state index in [0.29, 0.717) is 11.4 Å². The third kappa shape index (κ3) is 9.38. The molecule has 0 N–H and O–H groups in total. The fourth-order valence-corrected chi connectivity index (χ4v) is 6.79. The Labute approximate surface area is 303 Å². The minimum atomic E-state index is -3.80. The van der Waals surface area contributed by atoms with Crippen LogP contribution in [0, 0.1) is 21.7 Å². The first kappa shape index (κ1) is 39.2. The molecule has 0 unspecified atom stereocenters. The van der Waals surface area contributed by atoms with E-state index in [4.69, 9.17) is 0 Å². The van der Waals surface area contributed by atoms with Gasteiger partial charge in [0, 0.05) is 22.3 Å². The zero-order chi connectivity index (χ0) is 38.2. The van der Waals surface area contributed by atoms with Crippen LogP contribution < -0.4 is 0 Å². The number of carbonyl (C=O) groups excluding carboxylic acids is 2. The molecule has 0 atom stereocenters. The van der Waals surface area contributed by atoms with Crippen LogP contribution in [0.5, 0.6) is 0 Å². The van der Waals surface area contributed by atoms with Gasteiger partial charge in [-0.1, -0.05) is 83.1 Å². The second kappa shape index (κ2) is 14.2. The van der Waals surface area contributed by atoms with Crippen LogP contribution in [0.2, 0.25) is 0 Å². The Morgan fingerprint density at radius 1 is 0.451 bits per heavy atom. The van der Waals surface area contributed by atoms with E-state index in [-0.39, 0.29) is 43.0 Å². The maximum Gasteiger partial charge on any atom is 0.206 e. The lowest BCUT2D eigenvalue weighted by Gasteiger charge is -2.31. The van der Waals surface area contributed by atoms with Crippen LogP contribution >= 0.6 is 0 Å². The van der Waals surface area contributed by atoms with Crippen molar-refractivity contribution in [1.82, 2.24) is 0 Å². The largest absolute Gasteiger partial charge is 0.289 e. The number of sulfone groups is 1. The van der Waals surface area contributed by atoms with Crippen molar-refractivity contribution in [3.63, 3.8) is 0 Å². The highest BCUT2D eigenvalue weighted by atomic mass is 32.2. The van der Waals surface area contributed by atoms with Gasteiger partial charge in [0.1, 0.15) is 0 Å². The summed E-state index contributed by atoms with van der Waals surface area (Å²) in [7, 11) is -3.80. The van der Waals surface area contributed by atoms with Gasteiger partial charge in [0.25, 0.3) is 0 Å². The van der Waals surface area contributed by atoms with Crippen molar-refractivity contribution in [3.05, 3.63) is 119 Å². The molecule has 0 heterocycles. The number of rotatable bonds is 6. The van der Waals surface area contributed by atoms with E-state index < -0.39 is 9.84 Å². The van der Waals surface area contributed by atoms with Gasteiger partial charge in [-0.15, -0.1) is 0 Å². The molecule has 2 aliphatic carbocycles. The molecule has 9 heteroatoms. The number of allylic oxidation sites excluding steroid dienone is 10. The molecular formula is C42H50N4O4S. The number of benzene rings is 2. The Balaban J connectivity index is 1.50. The molecule has 0 fully saturated rings. The van der Waals surface area contributed by atoms with Gasteiger partial charge < -0.3 is 0 Å². The van der Waals surface area contributed by atoms with Gasteiger partial charge in [-0.05, 0) is 106 Å². The van der Waals surface area contributed by atoms with Crippen molar-refractivity contribution in [2.24, 2.45) is 42.1 Å². The van der Waals surface area contributed by atoms with Crippen LogP contribution in [-0.4, -0.2) is 20.0 Å². The van der Waals surface area contributed by atoms with Gasteiger partial charge >= 0.3 is 0 Å². The summed E-state index contributed by atoms with van der Waals surface area (Å²) in [4.78, 5) is 26.6. The van der Waals surface area contributed by atoms with E-state index >= 15 is 0 Å². The summed E-state index contributed by atoms with van der Waals surface area (Å²) < 4.78 is 26.8. The molecule has 2 aromatic carbocycles. The Morgan fingerprint density at radius 2 is 0.706 bits per heavy atom. The number of nitrogens with zero attached hydrogens (tertiary/aromatic N) is 4. The minimum Gasteiger partial charge on any atom is -0.289 e. The Hall–Kier alpha value is -4.63. The number of azo groups is 2. The van der Waals surface area contributed by atoms with E-state index in [0.717, 1.165) is 33.4 Å². The fourth-order valence-electron chi connectivity index (χ4n) is 5.52. The average molecular weight is 707 g/mol. The van der Waals surface area contributed by atoms with Gasteiger partial charge in [-0.25, -0.2) is 8.42 Å². The molecule has 0 saturated heterocycles. The highest BCUT2D eigenvalue weighted by Crippen LogP contribution is 2.40. The molecule has 0 saturated carbocycles. The van der Waals surface area contributed by atoms with E-state index in [1.54, 1.807) is 36.7 Å². The first-order valence-corrected chi connectivity index (χ1v) is 18.5. The lowest BCUT2D eigenvalue weighted by Crippen LogP contribution is -2.27. The van der Waals surface area contributed by atoms with Crippen LogP contribution in [0.25, 0.3) is 0 Å². The molecule has 2 aliphatic rings. The maximum absolute atomic E-state index is 13.4. The van der Waals surface area contributed by atoms with Gasteiger partial charge in [0.15, 0.2) is 11.6 Å². The summed E-state index contributed by atoms with van der Waals surface area (Å²) in [6, 6.07) is 12.4. The zero-order valence-corrected chi connectivity index (χ0v) is 32.7. The van der Waals surface area contributed by atoms with Gasteiger partial charge in [-0.3, -0.25) is 9.59 Å². The van der Waals surface area contributed by atoms with Crippen LogP contribution in [0.15, 0.2) is 149 Å². The van der Waals surface area contributed by atoms with Gasteiger partial charge in [0.2, 0.25) is 9.84 Å². The number of hydrogen-bond donors (Lipinski definition) is 0. The third-order valence-electron chi connectivity index (χ3n) is 8.51. The molecule has 8 nitrogen and oxygen atoms in total. The topological polar surface area (TPSA) is 118 Å². The van der Waals surface area contributed by atoms with Crippen LogP contribution in [0.4, 0.5) is 11.4 Å². The summed E-state index contributed by atoms with van der Waals surface area (Å²) in [6.45, 7) is 24.2. The van der Waals surface area contributed by atoms with E-state index in [2.05, 4.69) is 20.5 Å². The van der Waals surface area contributed by atoms with Crippen LogP contribution in [-0.2, 0) is 19.4 Å². The third-order valence-corrected chi connectivity index (χ3v) is 10.3. The molecule has 0 amide bonds. The quantitative estimate of drug-likeness (QED) is 0.278. The lowest BCUT2D eigenvalue weighted by molar-refractivity contribution is -0.114. The van der Waals surface area contributed by atoms with Crippen molar-refractivity contribution in [3.8, 4) is 0 Å². The molecule has 0 bridgehead atoms. The molecule has 4 rings (SSSR count). The second-order valence-corrected chi connectivity index (χ2v) is 19.0. The second-order valence-electron chi connectivity index (χ2n) is 17.1. The predicted octanol–water partition coefficient (Wildman–Crippen LogP) is 11.5. The predicted molar refractivity (Wildman–Crippen MR) is 204 cm³/mol. The minimum absolute atomic E-state index is 0.0478.